The summed E-state index contributed by atoms with van der Waals surface area (Å²) >= 11 is 4.46. The van der Waals surface area contributed by atoms with Crippen molar-refractivity contribution in [2.45, 2.75) is 45.0 Å². The largest absolute Gasteiger partial charge is 0.297 e. The molecule has 0 radical (unpaired) electrons. The summed E-state index contributed by atoms with van der Waals surface area (Å²) in [6.45, 7) is 8.56. The van der Waals surface area contributed by atoms with Crippen molar-refractivity contribution >= 4 is 45.3 Å². The average Bonchev–Trinajstić information content (AvgIpc) is 3.28. The Kier molecular flexibility index (Phi) is 7.58. The molecule has 9 heteroatoms. The number of rotatable bonds is 8. The summed E-state index contributed by atoms with van der Waals surface area (Å²) in [5.74, 6) is 0.748. The molecule has 0 atom stereocenters. The molecule has 0 aliphatic carbocycles. The minimum absolute atomic E-state index is 0.0157. The summed E-state index contributed by atoms with van der Waals surface area (Å²) in [7, 11) is 0. The lowest BCUT2D eigenvalue weighted by Gasteiger charge is -2.21. The number of hydrogen-bond donors (Lipinski definition) is 0. The van der Waals surface area contributed by atoms with Gasteiger partial charge in [-0.25, -0.2) is 4.98 Å². The van der Waals surface area contributed by atoms with Gasteiger partial charge in [0.2, 0.25) is 5.91 Å². The van der Waals surface area contributed by atoms with Crippen LogP contribution in [0.4, 0.5) is 5.00 Å². The van der Waals surface area contributed by atoms with Gasteiger partial charge in [0.15, 0.2) is 4.34 Å². The number of aromatic nitrogens is 3. The highest BCUT2D eigenvalue weighted by atomic mass is 32.2. The van der Waals surface area contributed by atoms with E-state index >= 15 is 0 Å². The minimum atomic E-state index is -0.0157. The highest BCUT2D eigenvalue weighted by molar-refractivity contribution is 8.01. The molecule has 0 spiro atoms. The predicted octanol–water partition coefficient (Wildman–Crippen LogP) is 5.01. The Morgan fingerprint density at radius 3 is 2.73 bits per heavy atom. The zero-order valence-corrected chi connectivity index (χ0v) is 19.8. The zero-order valence-electron chi connectivity index (χ0n) is 17.4. The molecular formula is C21H23N5OS3. The van der Waals surface area contributed by atoms with Gasteiger partial charge in [0.25, 0.3) is 0 Å². The molecule has 0 unspecified atom stereocenters. The van der Waals surface area contributed by atoms with Gasteiger partial charge in [0.1, 0.15) is 10.0 Å². The Hall–Kier alpha value is -2.28. The molecule has 0 aliphatic heterocycles. The first-order valence-corrected chi connectivity index (χ1v) is 12.2. The lowest BCUT2D eigenvalue weighted by Crippen LogP contribution is -2.31. The van der Waals surface area contributed by atoms with E-state index in [2.05, 4.69) is 30.1 Å². The van der Waals surface area contributed by atoms with Gasteiger partial charge in [-0.15, -0.1) is 21.5 Å². The maximum absolute atomic E-state index is 13.2. The van der Waals surface area contributed by atoms with Crippen molar-refractivity contribution in [3.8, 4) is 6.07 Å². The molecule has 2 aromatic heterocycles. The van der Waals surface area contributed by atoms with Crippen LogP contribution in [0.15, 0.2) is 28.6 Å². The molecule has 0 fully saturated rings. The number of aryl methyl sites for hydroxylation is 2. The number of thiazole rings is 1. The summed E-state index contributed by atoms with van der Waals surface area (Å²) in [5, 5.41) is 20.1. The molecule has 3 aromatic rings. The Bertz CT molecular complexity index is 1070. The highest BCUT2D eigenvalue weighted by Gasteiger charge is 2.23. The van der Waals surface area contributed by atoms with E-state index < -0.39 is 0 Å². The van der Waals surface area contributed by atoms with Crippen LogP contribution in [0.5, 0.6) is 0 Å². The second-order valence-electron chi connectivity index (χ2n) is 7.26. The molecule has 0 saturated heterocycles. The fourth-order valence-electron chi connectivity index (χ4n) is 2.86. The van der Waals surface area contributed by atoms with Crippen molar-refractivity contribution in [1.29, 1.82) is 5.26 Å². The number of benzene rings is 1. The van der Waals surface area contributed by atoms with Gasteiger partial charge in [0.05, 0.1) is 34.6 Å². The fourth-order valence-corrected chi connectivity index (χ4v) is 5.85. The van der Waals surface area contributed by atoms with Gasteiger partial charge < -0.3 is 0 Å². The fraction of sp³-hybridized carbons (Fsp3) is 0.381. The standard InChI is InChI=1S/C21H23N5OS3/c1-13(2)8-18-23-14(3)20(30-18)26(11-17-7-5-6-16(9-17)10-22)19(27)12-28-21-25-24-15(4)29-21/h5-7,9,13H,8,11-12H2,1-4H3. The van der Waals surface area contributed by atoms with Gasteiger partial charge in [-0.2, -0.15) is 5.26 Å². The smallest absolute Gasteiger partial charge is 0.238 e. The molecule has 1 amide bonds. The number of hydrogen-bond acceptors (Lipinski definition) is 8. The lowest BCUT2D eigenvalue weighted by atomic mass is 10.1. The van der Waals surface area contributed by atoms with E-state index in [1.54, 1.807) is 22.3 Å². The van der Waals surface area contributed by atoms with E-state index in [-0.39, 0.29) is 11.7 Å². The van der Waals surface area contributed by atoms with E-state index in [0.29, 0.717) is 18.0 Å². The average molecular weight is 458 g/mol. The van der Waals surface area contributed by atoms with Gasteiger partial charge in [-0.05, 0) is 37.5 Å². The summed E-state index contributed by atoms with van der Waals surface area (Å²) in [6, 6.07) is 9.54. The summed E-state index contributed by atoms with van der Waals surface area (Å²) < 4.78 is 0.786. The summed E-state index contributed by atoms with van der Waals surface area (Å²) in [6.07, 6.45) is 0.885. The number of thioether (sulfide) groups is 1. The monoisotopic (exact) mass is 457 g/mol. The van der Waals surface area contributed by atoms with Crippen LogP contribution < -0.4 is 4.90 Å². The quantitative estimate of drug-likeness (QED) is 0.442. The lowest BCUT2D eigenvalue weighted by molar-refractivity contribution is -0.116. The van der Waals surface area contributed by atoms with Crippen LogP contribution in [-0.4, -0.2) is 26.8 Å². The molecule has 0 bridgehead atoms. The first kappa shape index (κ1) is 22.4. The van der Waals surface area contributed by atoms with E-state index in [1.165, 1.54) is 23.1 Å². The Labute approximate surface area is 189 Å². The van der Waals surface area contributed by atoms with Gasteiger partial charge in [0, 0.05) is 6.42 Å². The van der Waals surface area contributed by atoms with Gasteiger partial charge in [-0.1, -0.05) is 49.1 Å². The molecule has 156 valence electrons. The third-order valence-electron chi connectivity index (χ3n) is 4.17. The second-order valence-corrected chi connectivity index (χ2v) is 10.7. The molecule has 6 nitrogen and oxygen atoms in total. The van der Waals surface area contributed by atoms with Crippen molar-refractivity contribution in [2.75, 3.05) is 10.7 Å². The molecular weight excluding hydrogens is 434 g/mol. The van der Waals surface area contributed by atoms with Crippen molar-refractivity contribution in [3.63, 3.8) is 0 Å². The number of carbonyl (C=O) groups is 1. The summed E-state index contributed by atoms with van der Waals surface area (Å²) in [5.41, 5.74) is 2.36. The molecule has 0 saturated carbocycles. The SMILES string of the molecule is Cc1nnc(SCC(=O)N(Cc2cccc(C#N)c2)c2sc(CC(C)C)nc2C)s1. The number of anilines is 1. The Morgan fingerprint density at radius 2 is 2.07 bits per heavy atom. The van der Waals surface area contributed by atoms with Crippen LogP contribution in [0, 0.1) is 31.1 Å². The third-order valence-corrected chi connectivity index (χ3v) is 7.33. The molecule has 30 heavy (non-hydrogen) atoms. The van der Waals surface area contributed by atoms with E-state index in [9.17, 15) is 10.1 Å². The van der Waals surface area contributed by atoms with Crippen molar-refractivity contribution in [1.82, 2.24) is 15.2 Å². The normalized spacial score (nSPS) is 10.9. The number of amides is 1. The van der Waals surface area contributed by atoms with Crippen molar-refractivity contribution in [3.05, 3.63) is 51.1 Å². The van der Waals surface area contributed by atoms with Crippen LogP contribution in [-0.2, 0) is 17.8 Å². The molecule has 0 aliphatic rings. The highest BCUT2D eigenvalue weighted by Crippen LogP contribution is 2.32. The topological polar surface area (TPSA) is 82.8 Å². The van der Waals surface area contributed by atoms with Crippen LogP contribution in [0.3, 0.4) is 0 Å². The van der Waals surface area contributed by atoms with Gasteiger partial charge in [-0.3, -0.25) is 9.69 Å². The van der Waals surface area contributed by atoms with E-state index in [4.69, 9.17) is 4.98 Å². The Balaban J connectivity index is 1.86. The minimum Gasteiger partial charge on any atom is -0.297 e. The third kappa shape index (κ3) is 5.88. The van der Waals surface area contributed by atoms with E-state index in [0.717, 1.165) is 37.0 Å². The van der Waals surface area contributed by atoms with Crippen LogP contribution in [0.2, 0.25) is 0 Å². The van der Waals surface area contributed by atoms with Crippen molar-refractivity contribution < 1.29 is 4.79 Å². The van der Waals surface area contributed by atoms with E-state index in [1.807, 2.05) is 32.0 Å². The summed E-state index contributed by atoms with van der Waals surface area (Å²) in [4.78, 5) is 19.7. The van der Waals surface area contributed by atoms with Crippen LogP contribution >= 0.6 is 34.4 Å². The molecule has 1 aromatic carbocycles. The van der Waals surface area contributed by atoms with Gasteiger partial charge >= 0.3 is 0 Å². The van der Waals surface area contributed by atoms with Crippen LogP contribution in [0.1, 0.15) is 40.7 Å². The number of carbonyl (C=O) groups excluding carboxylic acids is 1. The number of nitrogens with zero attached hydrogens (tertiary/aromatic N) is 5. The number of nitriles is 1. The van der Waals surface area contributed by atoms with Crippen molar-refractivity contribution in [2.24, 2.45) is 5.92 Å². The first-order chi connectivity index (χ1) is 14.4. The molecule has 0 N–H and O–H groups in total. The maximum Gasteiger partial charge on any atom is 0.238 e. The molecule has 2 heterocycles. The van der Waals surface area contributed by atoms with Crippen LogP contribution in [0.25, 0.3) is 0 Å². The second kappa shape index (κ2) is 10.2. The predicted molar refractivity (Wildman–Crippen MR) is 123 cm³/mol. The Morgan fingerprint density at radius 1 is 1.27 bits per heavy atom. The zero-order chi connectivity index (χ0) is 21.7. The first-order valence-electron chi connectivity index (χ1n) is 9.54. The molecule has 3 rings (SSSR count). The maximum atomic E-state index is 13.2.